The van der Waals surface area contributed by atoms with Crippen LogP contribution in [0.2, 0.25) is 0 Å². The van der Waals surface area contributed by atoms with Gasteiger partial charge in [0.05, 0.1) is 0 Å². The van der Waals surface area contributed by atoms with Gasteiger partial charge in [-0.15, -0.1) is 0 Å². The van der Waals surface area contributed by atoms with Crippen LogP contribution in [0.1, 0.15) is 34.3 Å². The van der Waals surface area contributed by atoms with Crippen LogP contribution in [-0.4, -0.2) is 54.8 Å². The van der Waals surface area contributed by atoms with Crippen molar-refractivity contribution in [2.45, 2.75) is 25.8 Å². The quantitative estimate of drug-likeness (QED) is 0.840. The highest BCUT2D eigenvalue weighted by Crippen LogP contribution is 2.24. The summed E-state index contributed by atoms with van der Waals surface area (Å²) in [6.45, 7) is 5.34. The van der Waals surface area contributed by atoms with Crippen molar-refractivity contribution in [2.75, 3.05) is 43.9 Å². The van der Waals surface area contributed by atoms with Crippen molar-refractivity contribution in [1.29, 1.82) is 0 Å². The Kier molecular flexibility index (Phi) is 5.92. The number of carbonyl (C=O) groups excluding carboxylic acids is 2. The lowest BCUT2D eigenvalue weighted by atomic mass is 10.0. The van der Waals surface area contributed by atoms with Crippen LogP contribution in [0.15, 0.2) is 42.5 Å². The molecule has 0 radical (unpaired) electrons. The van der Waals surface area contributed by atoms with E-state index in [4.69, 9.17) is 0 Å². The number of piperazine rings is 1. The van der Waals surface area contributed by atoms with Gasteiger partial charge in [0, 0.05) is 56.1 Å². The zero-order valence-corrected chi connectivity index (χ0v) is 16.9. The second kappa shape index (κ2) is 8.76. The van der Waals surface area contributed by atoms with E-state index in [1.165, 1.54) is 5.56 Å². The third-order valence-corrected chi connectivity index (χ3v) is 5.71. The highest BCUT2D eigenvalue weighted by Gasteiger charge is 2.16. The van der Waals surface area contributed by atoms with E-state index >= 15 is 0 Å². The molecule has 2 amide bonds. The number of fused-ring (bicyclic) bond motifs is 1. The molecule has 4 rings (SSSR count). The molecule has 1 fully saturated rings. The third-order valence-electron chi connectivity index (χ3n) is 5.71. The number of nitrogens with one attached hydrogen (secondary N) is 2. The maximum Gasteiger partial charge on any atom is 0.255 e. The second-order valence-electron chi connectivity index (χ2n) is 8.00. The Bertz CT molecular complexity index is 886. The topological polar surface area (TPSA) is 64.7 Å². The van der Waals surface area contributed by atoms with E-state index in [9.17, 15) is 9.59 Å². The lowest BCUT2D eigenvalue weighted by Gasteiger charge is -2.32. The Labute approximate surface area is 171 Å². The second-order valence-corrected chi connectivity index (χ2v) is 8.00. The smallest absolute Gasteiger partial charge is 0.255 e. The molecule has 0 aromatic heterocycles. The fraction of sp³-hybridized carbons (Fsp3) is 0.391. The minimum Gasteiger partial charge on any atom is -0.326 e. The summed E-state index contributed by atoms with van der Waals surface area (Å²) in [7, 11) is 2.16. The van der Waals surface area contributed by atoms with Gasteiger partial charge in [0.1, 0.15) is 0 Å². The first-order valence-corrected chi connectivity index (χ1v) is 10.3. The number of rotatable bonds is 4. The van der Waals surface area contributed by atoms with E-state index in [1.54, 1.807) is 6.07 Å². The summed E-state index contributed by atoms with van der Waals surface area (Å²) in [5.74, 6) is -0.0900. The molecular formula is C23H28N4O2. The van der Waals surface area contributed by atoms with Gasteiger partial charge in [-0.2, -0.15) is 0 Å². The molecule has 0 unspecified atom stereocenters. The number of nitrogens with zero attached hydrogens (tertiary/aromatic N) is 2. The lowest BCUT2D eigenvalue weighted by Crippen LogP contribution is -2.43. The van der Waals surface area contributed by atoms with E-state index in [1.807, 2.05) is 24.3 Å². The van der Waals surface area contributed by atoms with Crippen molar-refractivity contribution in [2.24, 2.45) is 0 Å². The molecule has 2 aromatic carbocycles. The predicted octanol–water partition coefficient (Wildman–Crippen LogP) is 2.96. The molecule has 2 aliphatic heterocycles. The number of carbonyl (C=O) groups is 2. The molecule has 0 saturated carbocycles. The highest BCUT2D eigenvalue weighted by molar-refractivity contribution is 6.05. The lowest BCUT2D eigenvalue weighted by molar-refractivity contribution is -0.116. The molecule has 152 valence electrons. The normalized spacial score (nSPS) is 17.9. The summed E-state index contributed by atoms with van der Waals surface area (Å²) in [5.41, 5.74) is 4.50. The molecule has 2 heterocycles. The molecule has 6 nitrogen and oxygen atoms in total. The maximum atomic E-state index is 12.7. The van der Waals surface area contributed by atoms with Crippen molar-refractivity contribution in [3.63, 3.8) is 0 Å². The molecule has 1 saturated heterocycles. The number of hydrogen-bond donors (Lipinski definition) is 2. The molecule has 2 aliphatic rings. The van der Waals surface area contributed by atoms with E-state index in [-0.39, 0.29) is 11.8 Å². The van der Waals surface area contributed by atoms with Crippen molar-refractivity contribution in [3.05, 3.63) is 59.2 Å². The highest BCUT2D eigenvalue weighted by atomic mass is 16.2. The first-order chi connectivity index (χ1) is 14.1. The molecule has 2 N–H and O–H groups in total. The van der Waals surface area contributed by atoms with Gasteiger partial charge in [-0.25, -0.2) is 0 Å². The monoisotopic (exact) mass is 392 g/mol. The van der Waals surface area contributed by atoms with Crippen LogP contribution in [0, 0.1) is 0 Å². The maximum absolute atomic E-state index is 12.7. The standard InChI is InChI=1S/C23H28N4O2/c1-26-11-13-27(14-12-26)16-17-5-8-20(9-6-17)24-23(29)19-7-10-21-18(15-19)3-2-4-22(28)25-21/h5-10,15H,2-4,11-14,16H2,1H3,(H,24,29)(H,25,28). The first kappa shape index (κ1) is 19.6. The fourth-order valence-corrected chi connectivity index (χ4v) is 3.88. The summed E-state index contributed by atoms with van der Waals surface area (Å²) in [6.07, 6.45) is 2.13. The van der Waals surface area contributed by atoms with Crippen molar-refractivity contribution in [1.82, 2.24) is 9.80 Å². The average molecular weight is 393 g/mol. The Morgan fingerprint density at radius 3 is 2.55 bits per heavy atom. The van der Waals surface area contributed by atoms with Gasteiger partial charge in [-0.1, -0.05) is 12.1 Å². The average Bonchev–Trinajstić information content (AvgIpc) is 2.91. The predicted molar refractivity (Wildman–Crippen MR) is 115 cm³/mol. The largest absolute Gasteiger partial charge is 0.326 e. The van der Waals surface area contributed by atoms with Crippen LogP contribution < -0.4 is 10.6 Å². The van der Waals surface area contributed by atoms with E-state index in [0.29, 0.717) is 12.0 Å². The zero-order chi connectivity index (χ0) is 20.2. The summed E-state index contributed by atoms with van der Waals surface area (Å²) >= 11 is 0. The minimum atomic E-state index is -0.129. The molecule has 0 aliphatic carbocycles. The number of hydrogen-bond acceptors (Lipinski definition) is 4. The summed E-state index contributed by atoms with van der Waals surface area (Å²) in [4.78, 5) is 29.2. The van der Waals surface area contributed by atoms with Crippen molar-refractivity contribution < 1.29 is 9.59 Å². The van der Waals surface area contributed by atoms with Gasteiger partial charge in [-0.05, 0) is 61.3 Å². The summed E-state index contributed by atoms with van der Waals surface area (Å²) < 4.78 is 0. The zero-order valence-electron chi connectivity index (χ0n) is 16.9. The van der Waals surface area contributed by atoms with Gasteiger partial charge >= 0.3 is 0 Å². The van der Waals surface area contributed by atoms with Crippen LogP contribution in [0.25, 0.3) is 0 Å². The van der Waals surface area contributed by atoms with E-state index in [0.717, 1.165) is 62.5 Å². The van der Waals surface area contributed by atoms with Crippen LogP contribution in [-0.2, 0) is 17.8 Å². The molecular weight excluding hydrogens is 364 g/mol. The Balaban J connectivity index is 1.37. The molecule has 29 heavy (non-hydrogen) atoms. The molecule has 0 atom stereocenters. The van der Waals surface area contributed by atoms with Crippen LogP contribution >= 0.6 is 0 Å². The molecule has 0 spiro atoms. The molecule has 0 bridgehead atoms. The Morgan fingerprint density at radius 2 is 1.79 bits per heavy atom. The van der Waals surface area contributed by atoms with Gasteiger partial charge in [0.2, 0.25) is 5.91 Å². The SMILES string of the molecule is CN1CCN(Cc2ccc(NC(=O)c3ccc4c(c3)CCCC(=O)N4)cc2)CC1. The molecule has 2 aromatic rings. The van der Waals surface area contributed by atoms with Crippen LogP contribution in [0.3, 0.4) is 0 Å². The summed E-state index contributed by atoms with van der Waals surface area (Å²) in [5, 5.41) is 5.88. The van der Waals surface area contributed by atoms with E-state index in [2.05, 4.69) is 39.6 Å². The van der Waals surface area contributed by atoms with Crippen LogP contribution in [0.5, 0.6) is 0 Å². The van der Waals surface area contributed by atoms with Gasteiger partial charge in [0.25, 0.3) is 5.91 Å². The van der Waals surface area contributed by atoms with Crippen LogP contribution in [0.4, 0.5) is 11.4 Å². The number of benzene rings is 2. The number of aryl methyl sites for hydroxylation is 1. The fourth-order valence-electron chi connectivity index (χ4n) is 3.88. The summed E-state index contributed by atoms with van der Waals surface area (Å²) in [6, 6.07) is 13.6. The van der Waals surface area contributed by atoms with Gasteiger partial charge < -0.3 is 15.5 Å². The first-order valence-electron chi connectivity index (χ1n) is 10.3. The van der Waals surface area contributed by atoms with Crippen molar-refractivity contribution >= 4 is 23.2 Å². The van der Waals surface area contributed by atoms with Crippen molar-refractivity contribution in [3.8, 4) is 0 Å². The van der Waals surface area contributed by atoms with E-state index < -0.39 is 0 Å². The van der Waals surface area contributed by atoms with Gasteiger partial charge in [0.15, 0.2) is 0 Å². The number of amides is 2. The molecule has 6 heteroatoms. The van der Waals surface area contributed by atoms with Gasteiger partial charge in [-0.3, -0.25) is 14.5 Å². The Hall–Kier alpha value is -2.70. The minimum absolute atomic E-state index is 0.0395. The number of anilines is 2. The Morgan fingerprint density at radius 1 is 1.03 bits per heavy atom. The third kappa shape index (κ3) is 5.02. The number of likely N-dealkylation sites (N-methyl/N-ethyl adjacent to an activating group) is 1.